The number of para-hydroxylation sites is 1. The van der Waals surface area contributed by atoms with Gasteiger partial charge >= 0.3 is 0 Å². The average Bonchev–Trinajstić information content (AvgIpc) is 2.99. The second-order valence-electron chi connectivity index (χ2n) is 4.69. The van der Waals surface area contributed by atoms with Gasteiger partial charge in [0.1, 0.15) is 5.39 Å². The number of nitrogens with one attached hydrogen (secondary N) is 1. The van der Waals surface area contributed by atoms with Gasteiger partial charge < -0.3 is 0 Å². The first-order valence-corrected chi connectivity index (χ1v) is 6.69. The zero-order valence-corrected chi connectivity index (χ0v) is 11.6. The number of fused-ring (bicyclic) bond motifs is 1. The van der Waals surface area contributed by atoms with E-state index in [-0.39, 0.29) is 24.4 Å². The van der Waals surface area contributed by atoms with Crippen molar-refractivity contribution in [2.24, 2.45) is 5.84 Å². The molecule has 2 heterocycles. The molecule has 0 unspecified atom stereocenters. The van der Waals surface area contributed by atoms with Gasteiger partial charge in [0.2, 0.25) is 5.91 Å². The summed E-state index contributed by atoms with van der Waals surface area (Å²) in [6.07, 6.45) is 3.00. The Hall–Kier alpha value is -3.00. The van der Waals surface area contributed by atoms with Gasteiger partial charge in [-0.2, -0.15) is 5.10 Å². The zero-order valence-electron chi connectivity index (χ0n) is 11.6. The van der Waals surface area contributed by atoms with Crippen LogP contribution in [0, 0.1) is 0 Å². The van der Waals surface area contributed by atoms with Crippen molar-refractivity contribution in [2.75, 3.05) is 0 Å². The molecule has 1 amide bonds. The summed E-state index contributed by atoms with van der Waals surface area (Å²) in [4.78, 5) is 27.8. The van der Waals surface area contributed by atoms with Gasteiger partial charge in [-0.1, -0.05) is 18.2 Å². The summed E-state index contributed by atoms with van der Waals surface area (Å²) in [6, 6.07) is 9.43. The van der Waals surface area contributed by atoms with E-state index in [1.165, 1.54) is 17.1 Å². The molecule has 1 aromatic carbocycles. The first-order valence-electron chi connectivity index (χ1n) is 6.69. The summed E-state index contributed by atoms with van der Waals surface area (Å²) in [5.41, 5.74) is 3.09. The highest BCUT2D eigenvalue weighted by Gasteiger charge is 2.11. The fraction of sp³-hybridized carbons (Fsp3) is 0.143. The molecule has 0 aliphatic rings. The van der Waals surface area contributed by atoms with E-state index in [0.717, 1.165) is 5.69 Å². The highest BCUT2D eigenvalue weighted by atomic mass is 16.2. The third-order valence-electron chi connectivity index (χ3n) is 3.30. The summed E-state index contributed by atoms with van der Waals surface area (Å²) < 4.78 is 2.97. The van der Waals surface area contributed by atoms with E-state index in [9.17, 15) is 9.59 Å². The molecule has 0 radical (unpaired) electrons. The Bertz CT molecular complexity index is 868. The molecule has 0 aliphatic heterocycles. The van der Waals surface area contributed by atoms with Crippen molar-refractivity contribution >= 4 is 16.9 Å². The lowest BCUT2D eigenvalue weighted by Crippen LogP contribution is -2.32. The first-order chi connectivity index (χ1) is 10.7. The molecule has 3 N–H and O–H groups in total. The van der Waals surface area contributed by atoms with Crippen molar-refractivity contribution in [3.05, 3.63) is 53.2 Å². The molecule has 0 saturated heterocycles. The number of nitrogens with zero attached hydrogens (tertiary/aromatic N) is 4. The third-order valence-corrected chi connectivity index (χ3v) is 3.30. The number of nitrogens with two attached hydrogens (primary N) is 1. The molecular weight excluding hydrogens is 284 g/mol. The summed E-state index contributed by atoms with van der Waals surface area (Å²) in [5, 5.41) is 4.62. The Labute approximate surface area is 125 Å². The quantitative estimate of drug-likeness (QED) is 0.399. The minimum Gasteiger partial charge on any atom is -0.298 e. The Morgan fingerprint density at radius 2 is 2.05 bits per heavy atom. The Balaban J connectivity index is 2.00. The number of aromatic nitrogens is 4. The summed E-state index contributed by atoms with van der Waals surface area (Å²) in [6.45, 7) is 0.210. The molecule has 3 aromatic rings. The maximum absolute atomic E-state index is 12.4. The third kappa shape index (κ3) is 2.47. The molecule has 22 heavy (non-hydrogen) atoms. The van der Waals surface area contributed by atoms with Gasteiger partial charge in [0, 0.05) is 13.0 Å². The second-order valence-corrected chi connectivity index (χ2v) is 4.69. The van der Waals surface area contributed by atoms with Gasteiger partial charge in [0.05, 0.1) is 18.2 Å². The van der Waals surface area contributed by atoms with E-state index in [1.54, 1.807) is 4.68 Å². The van der Waals surface area contributed by atoms with E-state index in [4.69, 9.17) is 5.84 Å². The molecule has 2 aromatic heterocycles. The van der Waals surface area contributed by atoms with Crippen molar-refractivity contribution in [1.82, 2.24) is 24.8 Å². The Kier molecular flexibility index (Phi) is 3.67. The van der Waals surface area contributed by atoms with Crippen LogP contribution in [-0.2, 0) is 11.3 Å². The predicted octanol–water partition coefficient (Wildman–Crippen LogP) is -0.0378. The van der Waals surface area contributed by atoms with Crippen molar-refractivity contribution in [3.8, 4) is 5.69 Å². The van der Waals surface area contributed by atoms with Gasteiger partial charge in [-0.15, -0.1) is 0 Å². The number of carbonyl (C=O) groups is 1. The van der Waals surface area contributed by atoms with Crippen molar-refractivity contribution in [1.29, 1.82) is 0 Å². The molecule has 0 spiro atoms. The highest BCUT2D eigenvalue weighted by Crippen LogP contribution is 2.12. The lowest BCUT2D eigenvalue weighted by atomic mass is 10.3. The number of benzene rings is 1. The standard InChI is InChI=1S/C14H14N6O2/c15-18-12(21)6-7-19-9-16-13-11(14(19)22)8-17-20(13)10-4-2-1-3-5-10/h1-5,8-9H,6-7,15H2,(H,18,21). The number of amides is 1. The topological polar surface area (TPSA) is 108 Å². The summed E-state index contributed by atoms with van der Waals surface area (Å²) in [5.74, 6) is 4.68. The number of hydrogen-bond acceptors (Lipinski definition) is 5. The normalized spacial score (nSPS) is 10.8. The lowest BCUT2D eigenvalue weighted by molar-refractivity contribution is -0.121. The van der Waals surface area contributed by atoms with E-state index in [1.807, 2.05) is 35.8 Å². The monoisotopic (exact) mass is 298 g/mol. The molecule has 0 bridgehead atoms. The van der Waals surface area contributed by atoms with Crippen LogP contribution in [-0.4, -0.2) is 25.2 Å². The van der Waals surface area contributed by atoms with E-state index in [0.29, 0.717) is 11.0 Å². The molecule has 0 saturated carbocycles. The average molecular weight is 298 g/mol. The maximum Gasteiger partial charge on any atom is 0.264 e. The number of hydrazine groups is 1. The van der Waals surface area contributed by atoms with Gasteiger partial charge in [-0.3, -0.25) is 19.6 Å². The summed E-state index contributed by atoms with van der Waals surface area (Å²) in [7, 11) is 0. The Morgan fingerprint density at radius 1 is 1.27 bits per heavy atom. The van der Waals surface area contributed by atoms with Crippen molar-refractivity contribution in [2.45, 2.75) is 13.0 Å². The molecule has 0 atom stereocenters. The maximum atomic E-state index is 12.4. The van der Waals surface area contributed by atoms with Crippen LogP contribution in [0.1, 0.15) is 6.42 Å². The molecule has 0 aliphatic carbocycles. The number of carbonyl (C=O) groups excluding carboxylic acids is 1. The minimum absolute atomic E-state index is 0.108. The van der Waals surface area contributed by atoms with E-state index >= 15 is 0 Å². The Morgan fingerprint density at radius 3 is 2.77 bits per heavy atom. The SMILES string of the molecule is NNC(=O)CCn1cnc2c(cnn2-c2ccccc2)c1=O. The van der Waals surface area contributed by atoms with Crippen LogP contribution in [0.15, 0.2) is 47.7 Å². The summed E-state index contributed by atoms with van der Waals surface area (Å²) >= 11 is 0. The van der Waals surface area contributed by atoms with Crippen molar-refractivity contribution in [3.63, 3.8) is 0 Å². The van der Waals surface area contributed by atoms with Gasteiger partial charge in [0.15, 0.2) is 5.65 Å². The zero-order chi connectivity index (χ0) is 15.5. The van der Waals surface area contributed by atoms with E-state index in [2.05, 4.69) is 10.1 Å². The number of aryl methyl sites for hydroxylation is 1. The van der Waals surface area contributed by atoms with Crippen LogP contribution < -0.4 is 16.8 Å². The fourth-order valence-electron chi connectivity index (χ4n) is 2.16. The molecule has 3 rings (SSSR count). The van der Waals surface area contributed by atoms with Crippen LogP contribution in [0.2, 0.25) is 0 Å². The number of hydrogen-bond donors (Lipinski definition) is 2. The minimum atomic E-state index is -0.341. The van der Waals surface area contributed by atoms with Gasteiger partial charge in [-0.05, 0) is 12.1 Å². The van der Waals surface area contributed by atoms with Gasteiger partial charge in [0.25, 0.3) is 5.56 Å². The van der Waals surface area contributed by atoms with E-state index < -0.39 is 0 Å². The van der Waals surface area contributed by atoms with Gasteiger partial charge in [-0.25, -0.2) is 15.5 Å². The number of rotatable bonds is 4. The van der Waals surface area contributed by atoms with Crippen LogP contribution in [0.5, 0.6) is 0 Å². The molecule has 8 nitrogen and oxygen atoms in total. The van der Waals surface area contributed by atoms with Crippen LogP contribution in [0.25, 0.3) is 16.7 Å². The first kappa shape index (κ1) is 14.0. The largest absolute Gasteiger partial charge is 0.298 e. The molecule has 0 fully saturated rings. The predicted molar refractivity (Wildman–Crippen MR) is 80.1 cm³/mol. The van der Waals surface area contributed by atoms with Crippen LogP contribution in [0.3, 0.4) is 0 Å². The lowest BCUT2D eigenvalue weighted by Gasteiger charge is -2.05. The van der Waals surface area contributed by atoms with Crippen molar-refractivity contribution < 1.29 is 4.79 Å². The fourth-order valence-corrected chi connectivity index (χ4v) is 2.16. The molecular formula is C14H14N6O2. The molecule has 8 heteroatoms. The van der Waals surface area contributed by atoms with Crippen LogP contribution in [0.4, 0.5) is 0 Å². The van der Waals surface area contributed by atoms with Crippen LogP contribution >= 0.6 is 0 Å². The highest BCUT2D eigenvalue weighted by molar-refractivity contribution is 5.76. The second kappa shape index (κ2) is 5.78. The smallest absolute Gasteiger partial charge is 0.264 e. The molecule has 112 valence electrons.